The van der Waals surface area contributed by atoms with E-state index >= 15 is 0 Å². The Bertz CT molecular complexity index is 1330. The van der Waals surface area contributed by atoms with Crippen LogP contribution in [0.2, 0.25) is 0 Å². The van der Waals surface area contributed by atoms with E-state index in [0.717, 1.165) is 48.1 Å². The summed E-state index contributed by atoms with van der Waals surface area (Å²) in [4.78, 5) is 28.5. The van der Waals surface area contributed by atoms with Crippen molar-refractivity contribution in [2.45, 2.75) is 89.6 Å². The number of nitrogens with one attached hydrogen (secondary N) is 2. The molecule has 1 aromatic carbocycles. The van der Waals surface area contributed by atoms with Crippen molar-refractivity contribution >= 4 is 11.6 Å². The number of aromatic amines is 1. The second kappa shape index (κ2) is 14.8. The van der Waals surface area contributed by atoms with E-state index in [4.69, 9.17) is 10.5 Å². The van der Waals surface area contributed by atoms with Gasteiger partial charge >= 0.3 is 0 Å². The van der Waals surface area contributed by atoms with E-state index in [2.05, 4.69) is 23.3 Å². The van der Waals surface area contributed by atoms with E-state index in [1.54, 1.807) is 6.07 Å². The molecule has 2 heterocycles. The zero-order valence-electron chi connectivity index (χ0n) is 25.5. The van der Waals surface area contributed by atoms with Crippen molar-refractivity contribution in [2.75, 3.05) is 20.3 Å². The van der Waals surface area contributed by atoms with Gasteiger partial charge < -0.3 is 36.1 Å². The second-order valence-electron chi connectivity index (χ2n) is 12.0. The zero-order chi connectivity index (χ0) is 31.0. The Morgan fingerprint density at radius 3 is 2.63 bits per heavy atom. The number of hydrogen-bond donors (Lipinski definition) is 6. The number of aliphatic hydroxyl groups is 2. The Morgan fingerprint density at radius 2 is 1.93 bits per heavy atom. The van der Waals surface area contributed by atoms with Crippen LogP contribution in [0.5, 0.6) is 11.5 Å². The van der Waals surface area contributed by atoms with Gasteiger partial charge in [-0.15, -0.1) is 0 Å². The lowest BCUT2D eigenvalue weighted by Crippen LogP contribution is -2.42. The summed E-state index contributed by atoms with van der Waals surface area (Å²) in [7, 11) is 1.48. The van der Waals surface area contributed by atoms with Crippen molar-refractivity contribution in [1.82, 2.24) is 10.3 Å². The van der Waals surface area contributed by atoms with Gasteiger partial charge in [-0.3, -0.25) is 9.59 Å². The number of carbonyl (C=O) groups excluding carboxylic acids is 2. The van der Waals surface area contributed by atoms with Gasteiger partial charge in [-0.2, -0.15) is 0 Å². The van der Waals surface area contributed by atoms with E-state index < -0.39 is 29.0 Å². The predicted molar refractivity (Wildman–Crippen MR) is 166 cm³/mol. The Labute approximate surface area is 254 Å². The smallest absolute Gasteiger partial charge is 0.170 e. The number of allylic oxidation sites excluding steroid dienone is 2. The van der Waals surface area contributed by atoms with Crippen LogP contribution in [-0.4, -0.2) is 58.2 Å². The number of rotatable bonds is 16. The lowest BCUT2D eigenvalue weighted by molar-refractivity contribution is -0.138. The average Bonchev–Trinajstić information content (AvgIpc) is 3.52. The normalized spacial score (nSPS) is 20.7. The van der Waals surface area contributed by atoms with Crippen LogP contribution in [0, 0.1) is 5.41 Å². The number of ether oxygens (including phenoxy) is 1. The van der Waals surface area contributed by atoms with Crippen LogP contribution in [0.4, 0.5) is 0 Å². The number of benzene rings is 1. The Kier molecular flexibility index (Phi) is 11.1. The summed E-state index contributed by atoms with van der Waals surface area (Å²) in [5.74, 6) is -0.515. The third kappa shape index (κ3) is 7.33. The number of H-pyrrole nitrogens is 1. The van der Waals surface area contributed by atoms with Crippen molar-refractivity contribution in [1.29, 1.82) is 0 Å². The number of aryl methyl sites for hydroxylation is 1. The number of aromatic hydroxyl groups is 1. The maximum absolute atomic E-state index is 12.8. The van der Waals surface area contributed by atoms with E-state index in [-0.39, 0.29) is 37.4 Å². The van der Waals surface area contributed by atoms with Gasteiger partial charge in [0, 0.05) is 54.8 Å². The van der Waals surface area contributed by atoms with Gasteiger partial charge in [0.1, 0.15) is 0 Å². The molecule has 43 heavy (non-hydrogen) atoms. The van der Waals surface area contributed by atoms with Gasteiger partial charge in [0.15, 0.2) is 29.2 Å². The predicted octanol–water partition coefficient (Wildman–Crippen LogP) is 4.32. The summed E-state index contributed by atoms with van der Waals surface area (Å²) in [5, 5.41) is 36.1. The van der Waals surface area contributed by atoms with Crippen LogP contribution in [0.1, 0.15) is 87.4 Å². The third-order valence-corrected chi connectivity index (χ3v) is 9.10. The molecule has 234 valence electrons. The monoisotopic (exact) mass is 593 g/mol. The number of phenols is 1. The highest BCUT2D eigenvalue weighted by atomic mass is 16.5. The van der Waals surface area contributed by atoms with Gasteiger partial charge in [-0.1, -0.05) is 44.7 Å². The fourth-order valence-corrected chi connectivity index (χ4v) is 6.68. The van der Waals surface area contributed by atoms with Crippen molar-refractivity contribution in [2.24, 2.45) is 11.1 Å². The third-order valence-electron chi connectivity index (χ3n) is 9.10. The molecule has 3 atom stereocenters. The molecule has 1 aromatic heterocycles. The first-order chi connectivity index (χ1) is 20.7. The van der Waals surface area contributed by atoms with Gasteiger partial charge in [0.2, 0.25) is 0 Å². The number of ketones is 2. The number of aromatic nitrogens is 1. The zero-order valence-corrected chi connectivity index (χ0v) is 25.5. The van der Waals surface area contributed by atoms with Gasteiger partial charge in [-0.25, -0.2) is 0 Å². The highest BCUT2D eigenvalue weighted by molar-refractivity contribution is 6.05. The number of phenolic OH excluding ortho intramolecular Hbond substituents is 1. The lowest BCUT2D eigenvalue weighted by atomic mass is 9.58. The number of Topliss-reactive ketones (excluding diaryl/α,β-unsaturated/α-hetero) is 2. The summed E-state index contributed by atoms with van der Waals surface area (Å²) in [6.45, 7) is 2.53. The summed E-state index contributed by atoms with van der Waals surface area (Å²) in [6.07, 6.45) is 9.43. The van der Waals surface area contributed by atoms with Gasteiger partial charge in [0.25, 0.3) is 0 Å². The first-order valence-corrected chi connectivity index (χ1v) is 15.5. The van der Waals surface area contributed by atoms with Crippen LogP contribution in [-0.2, 0) is 22.4 Å². The second-order valence-corrected chi connectivity index (χ2v) is 12.0. The molecule has 1 aliphatic carbocycles. The number of aliphatic hydroxyl groups excluding tert-OH is 2. The van der Waals surface area contributed by atoms with Crippen LogP contribution in [0.15, 0.2) is 53.5 Å². The summed E-state index contributed by atoms with van der Waals surface area (Å²) in [5.41, 5.74) is 9.97. The highest BCUT2D eigenvalue weighted by Gasteiger charge is 2.48. The van der Waals surface area contributed by atoms with Crippen LogP contribution >= 0.6 is 0 Å². The molecule has 9 nitrogen and oxygen atoms in total. The van der Waals surface area contributed by atoms with Crippen molar-refractivity contribution in [3.05, 3.63) is 70.3 Å². The molecule has 9 heteroatoms. The van der Waals surface area contributed by atoms with Gasteiger partial charge in [-0.05, 0) is 67.0 Å². The lowest BCUT2D eigenvalue weighted by Gasteiger charge is -2.47. The molecule has 0 radical (unpaired) electrons. The van der Waals surface area contributed by atoms with Crippen LogP contribution in [0.3, 0.4) is 0 Å². The molecule has 0 saturated heterocycles. The minimum absolute atomic E-state index is 0.0237. The molecule has 1 aliphatic heterocycles. The summed E-state index contributed by atoms with van der Waals surface area (Å²) in [6, 6.07) is 7.46. The molecule has 4 rings (SSSR count). The Balaban J connectivity index is 1.62. The quantitative estimate of drug-likeness (QED) is 0.124. The fraction of sp³-hybridized carbons (Fsp3) is 0.529. The topological polar surface area (TPSA) is 158 Å². The first-order valence-electron chi connectivity index (χ1n) is 15.5. The molecule has 7 N–H and O–H groups in total. The molecular weight excluding hydrogens is 546 g/mol. The molecule has 1 fully saturated rings. The molecule has 2 aromatic rings. The molecule has 0 amide bonds. The van der Waals surface area contributed by atoms with E-state index in [1.807, 2.05) is 24.4 Å². The fourth-order valence-electron chi connectivity index (χ4n) is 6.68. The minimum Gasteiger partial charge on any atom is -0.504 e. The minimum atomic E-state index is -1.62. The number of dihydropyridines is 1. The first kappa shape index (κ1) is 32.4. The average molecular weight is 594 g/mol. The maximum atomic E-state index is 12.8. The molecule has 1 saturated carbocycles. The molecular formula is C34H47N3O6. The van der Waals surface area contributed by atoms with E-state index in [1.165, 1.54) is 7.11 Å². The Morgan fingerprint density at radius 1 is 1.16 bits per heavy atom. The molecule has 0 bridgehead atoms. The van der Waals surface area contributed by atoms with Crippen molar-refractivity contribution in [3.8, 4) is 11.5 Å². The number of methoxy groups -OCH3 is 1. The maximum Gasteiger partial charge on any atom is 0.170 e. The molecule has 0 spiro atoms. The van der Waals surface area contributed by atoms with Crippen molar-refractivity contribution in [3.63, 3.8) is 0 Å². The number of fused-ring (bicyclic) bond motifs is 1. The van der Waals surface area contributed by atoms with Crippen molar-refractivity contribution < 1.29 is 29.6 Å². The number of nitrogens with two attached hydrogens (primary N) is 1. The highest BCUT2D eigenvalue weighted by Crippen LogP contribution is 2.57. The van der Waals surface area contributed by atoms with E-state index in [0.29, 0.717) is 43.6 Å². The number of carbonyl (C=O) groups is 2. The van der Waals surface area contributed by atoms with Crippen LogP contribution < -0.4 is 15.8 Å². The Hall–Kier alpha value is -3.56. The summed E-state index contributed by atoms with van der Waals surface area (Å²) >= 11 is 0. The number of unbranched alkanes of at least 4 members (excludes halogenated alkanes) is 4. The van der Waals surface area contributed by atoms with Crippen LogP contribution in [0.25, 0.3) is 0 Å². The summed E-state index contributed by atoms with van der Waals surface area (Å²) < 4.78 is 5.57. The van der Waals surface area contributed by atoms with E-state index in [9.17, 15) is 24.9 Å². The number of hydrogen-bond acceptors (Lipinski definition) is 8. The standard InChI is InChI=1S/C34H47N3O6/c1-3-4-5-6-7-10-27(39)32(42)28(40)12-11-22-18-26(31(41)29(19-22)43-2)30-24-14-17-37-33(35)25(24)13-15-34(30,21-38)20-23-9-8-16-36-23/h8-9,14,16,18-19,30,32,36-38,41-42H,3-7,10-13,15,17,20-21,35H2,1-2H3. The SMILES string of the molecule is CCCCCCCC(=O)C(O)C(=O)CCc1cc(OC)c(O)c(C2C3=CCNC(N)=C3CCC2(CO)Cc2ccc[nH]2)c1. The largest absolute Gasteiger partial charge is 0.504 e. The molecule has 3 unspecified atom stereocenters. The molecule has 2 aliphatic rings. The van der Waals surface area contributed by atoms with Gasteiger partial charge in [0.05, 0.1) is 12.9 Å².